The highest BCUT2D eigenvalue weighted by molar-refractivity contribution is 4.57. The molecule has 0 radical (unpaired) electrons. The van der Waals surface area contributed by atoms with Crippen LogP contribution in [0, 0.1) is 5.92 Å². The van der Waals surface area contributed by atoms with Crippen molar-refractivity contribution in [1.29, 1.82) is 0 Å². The first-order valence-corrected chi connectivity index (χ1v) is 4.64. The highest BCUT2D eigenvalue weighted by Crippen LogP contribution is 2.04. The maximum Gasteiger partial charge on any atom is 0.0640 e. The third-order valence-corrected chi connectivity index (χ3v) is 1.75. The van der Waals surface area contributed by atoms with Gasteiger partial charge in [-0.1, -0.05) is 20.3 Å². The van der Waals surface area contributed by atoms with Gasteiger partial charge >= 0.3 is 0 Å². The highest BCUT2D eigenvalue weighted by atomic mass is 16.5. The second-order valence-corrected chi connectivity index (χ2v) is 3.37. The zero-order chi connectivity index (χ0) is 9.40. The number of aliphatic hydroxyl groups is 1. The third-order valence-electron chi connectivity index (χ3n) is 1.75. The van der Waals surface area contributed by atoms with E-state index in [-0.39, 0.29) is 12.6 Å². The average molecular weight is 175 g/mol. The monoisotopic (exact) mass is 175 g/mol. The van der Waals surface area contributed by atoms with Crippen molar-refractivity contribution in [1.82, 2.24) is 0 Å². The van der Waals surface area contributed by atoms with Crippen LogP contribution in [0.2, 0.25) is 0 Å². The molecule has 0 aromatic heterocycles. The molecule has 0 aliphatic heterocycles. The summed E-state index contributed by atoms with van der Waals surface area (Å²) in [6.45, 7) is 5.54. The summed E-state index contributed by atoms with van der Waals surface area (Å²) < 4.78 is 5.32. The largest absolute Gasteiger partial charge is 0.395 e. The average Bonchev–Trinajstić information content (AvgIpc) is 2.04. The molecule has 0 aromatic rings. The van der Waals surface area contributed by atoms with E-state index >= 15 is 0 Å². The lowest BCUT2D eigenvalue weighted by molar-refractivity contribution is 0.0767. The Morgan fingerprint density at radius 2 is 2.08 bits per heavy atom. The number of hydrogen-bond acceptors (Lipinski definition) is 3. The lowest BCUT2D eigenvalue weighted by atomic mass is 10.1. The van der Waals surface area contributed by atoms with Crippen molar-refractivity contribution in [2.75, 3.05) is 19.8 Å². The summed E-state index contributed by atoms with van der Waals surface area (Å²) >= 11 is 0. The van der Waals surface area contributed by atoms with E-state index in [1.165, 1.54) is 12.8 Å². The van der Waals surface area contributed by atoms with Crippen LogP contribution < -0.4 is 5.73 Å². The topological polar surface area (TPSA) is 55.5 Å². The maximum absolute atomic E-state index is 8.60. The van der Waals surface area contributed by atoms with E-state index in [0.29, 0.717) is 12.5 Å². The highest BCUT2D eigenvalue weighted by Gasteiger charge is 2.03. The van der Waals surface area contributed by atoms with Crippen molar-refractivity contribution in [3.8, 4) is 0 Å². The summed E-state index contributed by atoms with van der Waals surface area (Å²) in [4.78, 5) is 0. The lowest BCUT2D eigenvalue weighted by Crippen LogP contribution is -2.30. The number of aliphatic hydroxyl groups excluding tert-OH is 1. The molecule has 0 aliphatic carbocycles. The van der Waals surface area contributed by atoms with Gasteiger partial charge in [-0.3, -0.25) is 0 Å². The van der Waals surface area contributed by atoms with Gasteiger partial charge in [0.25, 0.3) is 0 Å². The maximum atomic E-state index is 8.60. The van der Waals surface area contributed by atoms with Crippen LogP contribution in [-0.4, -0.2) is 31.0 Å². The van der Waals surface area contributed by atoms with Gasteiger partial charge in [0.1, 0.15) is 0 Å². The van der Waals surface area contributed by atoms with Crippen LogP contribution in [0.3, 0.4) is 0 Å². The quantitative estimate of drug-likeness (QED) is 0.600. The molecule has 0 saturated carbocycles. The molecule has 2 unspecified atom stereocenters. The smallest absolute Gasteiger partial charge is 0.0640 e. The molecule has 0 rings (SSSR count). The molecular weight excluding hydrogens is 154 g/mol. The zero-order valence-corrected chi connectivity index (χ0v) is 8.12. The van der Waals surface area contributed by atoms with Crippen molar-refractivity contribution >= 4 is 0 Å². The first-order chi connectivity index (χ1) is 5.70. The van der Waals surface area contributed by atoms with Crippen molar-refractivity contribution < 1.29 is 9.84 Å². The molecule has 2 atom stereocenters. The summed E-state index contributed by atoms with van der Waals surface area (Å²) in [7, 11) is 0. The first kappa shape index (κ1) is 11.9. The normalized spacial score (nSPS) is 16.0. The Kier molecular flexibility index (Phi) is 7.45. The number of ether oxygens (including phenoxy) is 1. The number of hydrogen-bond donors (Lipinski definition) is 2. The number of nitrogens with two attached hydrogens (primary N) is 1. The molecular formula is C9H21NO2. The third kappa shape index (κ3) is 6.58. The minimum Gasteiger partial charge on any atom is -0.395 e. The molecule has 74 valence electrons. The molecule has 3 heteroatoms. The Morgan fingerprint density at radius 1 is 1.42 bits per heavy atom. The molecule has 3 nitrogen and oxygen atoms in total. The van der Waals surface area contributed by atoms with Crippen LogP contribution in [0.1, 0.15) is 26.7 Å². The van der Waals surface area contributed by atoms with E-state index < -0.39 is 0 Å². The fourth-order valence-corrected chi connectivity index (χ4v) is 1.05. The van der Waals surface area contributed by atoms with Crippen molar-refractivity contribution in [2.45, 2.75) is 32.7 Å². The van der Waals surface area contributed by atoms with Gasteiger partial charge in [-0.2, -0.15) is 0 Å². The van der Waals surface area contributed by atoms with Gasteiger partial charge in [-0.25, -0.2) is 0 Å². The Hall–Kier alpha value is -0.120. The Bertz CT molecular complexity index is 98.5. The molecule has 3 N–H and O–H groups in total. The van der Waals surface area contributed by atoms with Crippen LogP contribution in [0.15, 0.2) is 0 Å². The van der Waals surface area contributed by atoms with Gasteiger partial charge in [0.05, 0.1) is 19.3 Å². The molecule has 0 bridgehead atoms. The van der Waals surface area contributed by atoms with E-state index in [1.807, 2.05) is 0 Å². The summed E-state index contributed by atoms with van der Waals surface area (Å²) in [6.07, 6.45) is 2.38. The van der Waals surface area contributed by atoms with Crippen LogP contribution in [0.4, 0.5) is 0 Å². The van der Waals surface area contributed by atoms with E-state index in [4.69, 9.17) is 15.6 Å². The second-order valence-electron chi connectivity index (χ2n) is 3.37. The minimum absolute atomic E-state index is 0.00214. The minimum atomic E-state index is -0.223. The van der Waals surface area contributed by atoms with Gasteiger partial charge < -0.3 is 15.6 Å². The molecule has 0 heterocycles. The van der Waals surface area contributed by atoms with E-state index in [0.717, 1.165) is 6.61 Å². The zero-order valence-electron chi connectivity index (χ0n) is 8.12. The van der Waals surface area contributed by atoms with Gasteiger partial charge in [-0.15, -0.1) is 0 Å². The van der Waals surface area contributed by atoms with Crippen molar-refractivity contribution in [2.24, 2.45) is 11.7 Å². The summed E-state index contributed by atoms with van der Waals surface area (Å²) in [6, 6.07) is -0.223. The number of rotatable bonds is 7. The fourth-order valence-electron chi connectivity index (χ4n) is 1.05. The van der Waals surface area contributed by atoms with E-state index in [9.17, 15) is 0 Å². The Morgan fingerprint density at radius 3 is 2.58 bits per heavy atom. The molecule has 0 saturated heterocycles. The first-order valence-electron chi connectivity index (χ1n) is 4.64. The standard InChI is InChI=1S/C9H21NO2/c1-3-4-8(2)6-12-7-9(10)5-11/h8-9,11H,3-7,10H2,1-2H3. The van der Waals surface area contributed by atoms with Gasteiger partial charge in [-0.05, 0) is 12.3 Å². The molecule has 0 aromatic carbocycles. The van der Waals surface area contributed by atoms with Gasteiger partial charge in [0.2, 0.25) is 0 Å². The van der Waals surface area contributed by atoms with Gasteiger partial charge in [0.15, 0.2) is 0 Å². The Labute approximate surface area is 74.9 Å². The summed E-state index contributed by atoms with van der Waals surface area (Å²) in [5, 5.41) is 8.60. The van der Waals surface area contributed by atoms with Crippen LogP contribution >= 0.6 is 0 Å². The predicted octanol–water partition coefficient (Wildman–Crippen LogP) is 0.759. The molecule has 12 heavy (non-hydrogen) atoms. The Balaban J connectivity index is 3.18. The molecule has 0 aliphatic rings. The van der Waals surface area contributed by atoms with E-state index in [1.54, 1.807) is 0 Å². The van der Waals surface area contributed by atoms with E-state index in [2.05, 4.69) is 13.8 Å². The fraction of sp³-hybridized carbons (Fsp3) is 1.00. The van der Waals surface area contributed by atoms with Crippen molar-refractivity contribution in [3.05, 3.63) is 0 Å². The molecule has 0 spiro atoms. The van der Waals surface area contributed by atoms with Crippen LogP contribution in [0.5, 0.6) is 0 Å². The molecule has 0 fully saturated rings. The second kappa shape index (κ2) is 7.53. The van der Waals surface area contributed by atoms with Gasteiger partial charge in [0, 0.05) is 6.61 Å². The SMILES string of the molecule is CCCC(C)COCC(N)CO. The summed E-state index contributed by atoms with van der Waals surface area (Å²) in [5.74, 6) is 0.598. The van der Waals surface area contributed by atoms with Crippen LogP contribution in [-0.2, 0) is 4.74 Å². The van der Waals surface area contributed by atoms with Crippen molar-refractivity contribution in [3.63, 3.8) is 0 Å². The lowest BCUT2D eigenvalue weighted by Gasteiger charge is -2.13. The summed E-state index contributed by atoms with van der Waals surface area (Å²) in [5.41, 5.74) is 5.46. The predicted molar refractivity (Wildman–Crippen MR) is 50.0 cm³/mol. The van der Waals surface area contributed by atoms with Crippen LogP contribution in [0.25, 0.3) is 0 Å². The molecule has 0 amide bonds.